The van der Waals surface area contributed by atoms with Crippen LogP contribution in [0.1, 0.15) is 25.7 Å². The molecule has 0 aromatic carbocycles. The molecule has 10 heteroatoms. The number of unbranched alkanes of at least 4 members (excludes halogenated alkanes) is 3. The van der Waals surface area contributed by atoms with Crippen molar-refractivity contribution in [2.75, 3.05) is 5.75 Å². The zero-order valence-electron chi connectivity index (χ0n) is 8.66. The minimum atomic E-state index is -9.46. The van der Waals surface area contributed by atoms with Crippen LogP contribution >= 0.6 is 10.2 Å². The van der Waals surface area contributed by atoms with Crippen LogP contribution in [0.3, 0.4) is 0 Å². The summed E-state index contributed by atoms with van der Waals surface area (Å²) in [6, 6.07) is 0. The maximum absolute atomic E-state index is 11.7. The van der Waals surface area contributed by atoms with Crippen molar-refractivity contribution in [3.05, 3.63) is 11.5 Å². The van der Waals surface area contributed by atoms with Gasteiger partial charge in [0.05, 0.1) is 11.2 Å². The number of allylic oxidation sites excluding steroid dienone is 1. The summed E-state index contributed by atoms with van der Waals surface area (Å²) in [5.41, 5.74) is 0. The lowest BCUT2D eigenvalue weighted by atomic mass is 10.2. The molecule has 1 N–H and O–H groups in total. The van der Waals surface area contributed by atoms with Crippen molar-refractivity contribution < 1.29 is 32.4 Å². The first-order chi connectivity index (χ1) is 7.18. The van der Waals surface area contributed by atoms with Crippen molar-refractivity contribution in [2.24, 2.45) is 0 Å². The van der Waals surface area contributed by atoms with E-state index in [0.29, 0.717) is 6.08 Å². The van der Waals surface area contributed by atoms with E-state index in [1.54, 1.807) is 0 Å². The second-order valence-electron chi connectivity index (χ2n) is 3.54. The summed E-state index contributed by atoms with van der Waals surface area (Å²) in [6.45, 7) is 0. The molecule has 0 amide bonds. The number of hydrogen-bond acceptors (Lipinski definition) is 2. The molecule has 0 unspecified atom stereocenters. The van der Waals surface area contributed by atoms with E-state index >= 15 is 0 Å². The van der Waals surface area contributed by atoms with E-state index in [9.17, 15) is 27.8 Å². The van der Waals surface area contributed by atoms with Gasteiger partial charge < -0.3 is 0 Å². The molecule has 17 heavy (non-hydrogen) atoms. The van der Waals surface area contributed by atoms with E-state index < -0.39 is 31.5 Å². The van der Waals surface area contributed by atoms with E-state index in [1.807, 2.05) is 0 Å². The summed E-state index contributed by atoms with van der Waals surface area (Å²) in [4.78, 5) is 0. The molecule has 3 nitrogen and oxygen atoms in total. The first kappa shape index (κ1) is 16.6. The van der Waals surface area contributed by atoms with Crippen molar-refractivity contribution in [3.63, 3.8) is 0 Å². The molecule has 106 valence electrons. The predicted molar refractivity (Wildman–Crippen MR) is 57.2 cm³/mol. The molecular weight excluding hydrogens is 291 g/mol. The average molecular weight is 304 g/mol. The van der Waals surface area contributed by atoms with Gasteiger partial charge in [-0.05, 0) is 19.3 Å². The minimum Gasteiger partial charge on any atom is -0.286 e. The smallest absolute Gasteiger partial charge is 0.286 e. The Labute approximate surface area is 96.2 Å². The number of hydrogen-bond donors (Lipinski definition) is 1. The van der Waals surface area contributed by atoms with Crippen LogP contribution in [-0.2, 0) is 10.1 Å². The summed E-state index contributed by atoms with van der Waals surface area (Å²) in [6.07, 6.45) is 0.541. The molecule has 0 saturated carbocycles. The molecule has 0 aromatic heterocycles. The highest BCUT2D eigenvalue weighted by Gasteiger charge is 2.60. The fourth-order valence-corrected chi connectivity index (χ4v) is 2.04. The van der Waals surface area contributed by atoms with E-state index in [2.05, 4.69) is 0 Å². The van der Waals surface area contributed by atoms with E-state index in [0.717, 1.165) is 0 Å². The average Bonchev–Trinajstić information content (AvgIpc) is 1.95. The van der Waals surface area contributed by atoms with E-state index in [-0.39, 0.29) is 25.7 Å². The third-order valence-electron chi connectivity index (χ3n) is 1.63. The Balaban J connectivity index is 3.86. The quantitative estimate of drug-likeness (QED) is 0.434. The lowest BCUT2D eigenvalue weighted by Crippen LogP contribution is -2.03. The second kappa shape index (κ2) is 4.39. The van der Waals surface area contributed by atoms with Crippen LogP contribution in [0.5, 0.6) is 0 Å². The van der Waals surface area contributed by atoms with Crippen molar-refractivity contribution in [1.82, 2.24) is 0 Å². The molecule has 0 fully saturated rings. The Kier molecular flexibility index (Phi) is 4.30. The number of rotatable bonds is 7. The minimum absolute atomic E-state index is 0.0725. The molecule has 0 aliphatic rings. The Bertz CT molecular complexity index is 382. The normalized spacial score (nSPS) is 18.0. The summed E-state index contributed by atoms with van der Waals surface area (Å²) in [5.74, 6) is -0.488. The molecule has 0 bridgehead atoms. The van der Waals surface area contributed by atoms with Gasteiger partial charge in [-0.1, -0.05) is 31.9 Å². The third kappa shape index (κ3) is 15.6. The summed E-state index contributed by atoms with van der Waals surface area (Å²) in [7, 11) is -13.5. The molecule has 0 rings (SSSR count). The summed E-state index contributed by atoms with van der Waals surface area (Å²) in [5, 5.41) is -1.01. The molecule has 0 saturated heterocycles. The summed E-state index contributed by atoms with van der Waals surface area (Å²) < 4.78 is 87.5. The lowest BCUT2D eigenvalue weighted by molar-refractivity contribution is 0.384. The van der Waals surface area contributed by atoms with Crippen molar-refractivity contribution in [3.8, 4) is 0 Å². The van der Waals surface area contributed by atoms with Gasteiger partial charge in [0.1, 0.15) is 0 Å². The van der Waals surface area contributed by atoms with Crippen molar-refractivity contribution >= 4 is 20.3 Å². The first-order valence-corrected chi connectivity index (χ1v) is 8.18. The van der Waals surface area contributed by atoms with Gasteiger partial charge in [-0.15, -0.1) is 0 Å². The SMILES string of the molecule is O=S(=O)(O)CCCCC/C=C/S(F)(F)(F)(F)F. The highest BCUT2D eigenvalue weighted by atomic mass is 32.5. The molecule has 0 aliphatic carbocycles. The van der Waals surface area contributed by atoms with Crippen LogP contribution in [0.4, 0.5) is 19.4 Å². The van der Waals surface area contributed by atoms with E-state index in [4.69, 9.17) is 4.55 Å². The maximum atomic E-state index is 11.7. The van der Waals surface area contributed by atoms with Gasteiger partial charge in [0.2, 0.25) is 0 Å². The second-order valence-corrected chi connectivity index (χ2v) is 7.44. The largest absolute Gasteiger partial charge is 0.304 e. The van der Waals surface area contributed by atoms with Crippen LogP contribution in [-0.4, -0.2) is 18.7 Å². The van der Waals surface area contributed by atoms with Gasteiger partial charge in [-0.25, -0.2) is 0 Å². The maximum Gasteiger partial charge on any atom is 0.304 e. The van der Waals surface area contributed by atoms with Gasteiger partial charge in [-0.2, -0.15) is 8.42 Å². The molecule has 0 aromatic rings. The monoisotopic (exact) mass is 304 g/mol. The van der Waals surface area contributed by atoms with Gasteiger partial charge >= 0.3 is 10.2 Å². The van der Waals surface area contributed by atoms with Gasteiger partial charge in [-0.3, -0.25) is 4.55 Å². The van der Waals surface area contributed by atoms with Gasteiger partial charge in [0.25, 0.3) is 10.1 Å². The van der Waals surface area contributed by atoms with Gasteiger partial charge in [0.15, 0.2) is 0 Å². The van der Waals surface area contributed by atoms with Crippen LogP contribution in [0.15, 0.2) is 11.5 Å². The molecule has 0 spiro atoms. The predicted octanol–water partition coefficient (Wildman–Crippen LogP) is 4.25. The Hall–Kier alpha value is -0.350. The fourth-order valence-electron chi connectivity index (χ4n) is 0.973. The summed E-state index contributed by atoms with van der Waals surface area (Å²) >= 11 is 0. The topological polar surface area (TPSA) is 54.4 Å². The van der Waals surface area contributed by atoms with Crippen molar-refractivity contribution in [1.29, 1.82) is 0 Å². The molecular formula is C7H13F5O3S2. The third-order valence-corrected chi connectivity index (χ3v) is 3.14. The molecule has 0 radical (unpaired) electrons. The zero-order valence-corrected chi connectivity index (χ0v) is 10.3. The Morgan fingerprint density at radius 1 is 1.00 bits per heavy atom. The fraction of sp³-hybridized carbons (Fsp3) is 0.714. The highest BCUT2D eigenvalue weighted by Crippen LogP contribution is 2.98. The van der Waals surface area contributed by atoms with Gasteiger partial charge in [0, 0.05) is 0 Å². The van der Waals surface area contributed by atoms with E-state index in [1.165, 1.54) is 0 Å². The lowest BCUT2D eigenvalue weighted by Gasteiger charge is -2.36. The van der Waals surface area contributed by atoms with Crippen LogP contribution in [0, 0.1) is 0 Å². The molecule has 0 aliphatic heterocycles. The van der Waals surface area contributed by atoms with Crippen LogP contribution < -0.4 is 0 Å². The van der Waals surface area contributed by atoms with Crippen LogP contribution in [0.25, 0.3) is 0 Å². The molecule has 0 heterocycles. The highest BCUT2D eigenvalue weighted by molar-refractivity contribution is 8.48. The Morgan fingerprint density at radius 3 is 1.94 bits per heavy atom. The zero-order chi connectivity index (χ0) is 13.9. The standard InChI is InChI=1S/C7H13F5O3S2/c8-17(9,10,11,12)7-5-3-1-2-4-6-16(13,14)15/h5,7H,1-4,6H2,(H,13,14,15)/b7-5+. The first-order valence-electron chi connectivity index (χ1n) is 4.55. The van der Waals surface area contributed by atoms with Crippen molar-refractivity contribution in [2.45, 2.75) is 25.7 Å². The molecule has 0 atom stereocenters. The number of halogens is 5. The van der Waals surface area contributed by atoms with Crippen LogP contribution in [0.2, 0.25) is 0 Å². The Morgan fingerprint density at radius 2 is 1.53 bits per heavy atom.